The fourth-order valence-electron chi connectivity index (χ4n) is 1.67. The molecular formula is C11H20ClN5O2. The van der Waals surface area contributed by atoms with Gasteiger partial charge in [-0.25, -0.2) is 0 Å². The molecule has 0 radical (unpaired) electrons. The summed E-state index contributed by atoms with van der Waals surface area (Å²) >= 11 is 5.91. The molecule has 0 unspecified atom stereocenters. The van der Waals surface area contributed by atoms with Gasteiger partial charge in [0, 0.05) is 26.2 Å². The van der Waals surface area contributed by atoms with Crippen LogP contribution in [0.1, 0.15) is 13.8 Å². The summed E-state index contributed by atoms with van der Waals surface area (Å²) in [6, 6.07) is 0. The molecule has 0 atom stereocenters. The van der Waals surface area contributed by atoms with Gasteiger partial charge in [0.05, 0.1) is 13.2 Å². The molecule has 0 aliphatic carbocycles. The molecule has 0 saturated heterocycles. The molecule has 2 N–H and O–H groups in total. The Bertz CT molecular complexity index is 383. The van der Waals surface area contributed by atoms with Crippen LogP contribution in [0.25, 0.3) is 0 Å². The van der Waals surface area contributed by atoms with Gasteiger partial charge in [-0.2, -0.15) is 15.0 Å². The Hall–Kier alpha value is -1.18. The maximum atomic E-state index is 9.03. The van der Waals surface area contributed by atoms with Crippen molar-refractivity contribution in [3.8, 4) is 0 Å². The van der Waals surface area contributed by atoms with E-state index in [2.05, 4.69) is 15.0 Å². The summed E-state index contributed by atoms with van der Waals surface area (Å²) in [4.78, 5) is 16.1. The van der Waals surface area contributed by atoms with E-state index in [1.165, 1.54) is 0 Å². The number of aliphatic hydroxyl groups excluding tert-OH is 2. The molecular weight excluding hydrogens is 270 g/mol. The minimum Gasteiger partial charge on any atom is -0.395 e. The first kappa shape index (κ1) is 15.9. The zero-order chi connectivity index (χ0) is 14.3. The lowest BCUT2D eigenvalue weighted by molar-refractivity contribution is 0.280. The average Bonchev–Trinajstić information content (AvgIpc) is 2.39. The highest BCUT2D eigenvalue weighted by Crippen LogP contribution is 2.16. The summed E-state index contributed by atoms with van der Waals surface area (Å²) < 4.78 is 0. The van der Waals surface area contributed by atoms with Crippen molar-refractivity contribution in [2.24, 2.45) is 0 Å². The Morgan fingerprint density at radius 1 is 0.895 bits per heavy atom. The monoisotopic (exact) mass is 289 g/mol. The van der Waals surface area contributed by atoms with Crippen LogP contribution in [-0.2, 0) is 0 Å². The Morgan fingerprint density at radius 3 is 1.79 bits per heavy atom. The van der Waals surface area contributed by atoms with Gasteiger partial charge in [-0.15, -0.1) is 0 Å². The molecule has 0 saturated carbocycles. The second kappa shape index (κ2) is 8.08. The molecule has 0 amide bonds. The SMILES string of the molecule is CCN(CC)c1nc(Cl)nc(N(CCO)CCO)n1. The van der Waals surface area contributed by atoms with Gasteiger partial charge in [0.25, 0.3) is 0 Å². The van der Waals surface area contributed by atoms with Crippen molar-refractivity contribution < 1.29 is 10.2 Å². The van der Waals surface area contributed by atoms with Crippen molar-refractivity contribution in [3.63, 3.8) is 0 Å². The standard InChI is InChI=1S/C11H20ClN5O2/c1-3-16(4-2)10-13-9(12)14-11(15-10)17(5-7-18)6-8-19/h18-19H,3-8H2,1-2H3. The maximum Gasteiger partial charge on any atom is 0.231 e. The zero-order valence-corrected chi connectivity index (χ0v) is 12.0. The zero-order valence-electron chi connectivity index (χ0n) is 11.3. The van der Waals surface area contributed by atoms with Crippen molar-refractivity contribution in [1.82, 2.24) is 15.0 Å². The number of anilines is 2. The van der Waals surface area contributed by atoms with Crippen molar-refractivity contribution in [3.05, 3.63) is 5.28 Å². The number of hydrogen-bond acceptors (Lipinski definition) is 7. The molecule has 19 heavy (non-hydrogen) atoms. The highest BCUT2D eigenvalue weighted by Gasteiger charge is 2.14. The van der Waals surface area contributed by atoms with Gasteiger partial charge in [-0.05, 0) is 25.4 Å². The summed E-state index contributed by atoms with van der Waals surface area (Å²) in [5.74, 6) is 0.867. The van der Waals surface area contributed by atoms with E-state index in [9.17, 15) is 0 Å². The van der Waals surface area contributed by atoms with Crippen LogP contribution in [0.2, 0.25) is 5.28 Å². The molecule has 0 aromatic carbocycles. The van der Waals surface area contributed by atoms with Crippen molar-refractivity contribution in [1.29, 1.82) is 0 Å². The Balaban J connectivity index is 3.05. The third-order valence-corrected chi connectivity index (χ3v) is 2.82. The molecule has 1 aromatic rings. The van der Waals surface area contributed by atoms with Crippen molar-refractivity contribution >= 4 is 23.5 Å². The minimum atomic E-state index is -0.0517. The largest absolute Gasteiger partial charge is 0.395 e. The first-order valence-corrected chi connectivity index (χ1v) is 6.67. The normalized spacial score (nSPS) is 10.6. The van der Waals surface area contributed by atoms with E-state index in [0.717, 1.165) is 13.1 Å². The number of aliphatic hydroxyl groups is 2. The van der Waals surface area contributed by atoms with Crippen molar-refractivity contribution in [2.45, 2.75) is 13.8 Å². The lowest BCUT2D eigenvalue weighted by atomic mass is 10.5. The van der Waals surface area contributed by atoms with Gasteiger partial charge < -0.3 is 20.0 Å². The van der Waals surface area contributed by atoms with Crippen LogP contribution in [0.3, 0.4) is 0 Å². The lowest BCUT2D eigenvalue weighted by Crippen LogP contribution is -2.32. The van der Waals surface area contributed by atoms with Crippen molar-refractivity contribution in [2.75, 3.05) is 49.2 Å². The van der Waals surface area contributed by atoms with Crippen LogP contribution >= 0.6 is 11.6 Å². The van der Waals surface area contributed by atoms with Gasteiger partial charge in [0.15, 0.2) is 0 Å². The quantitative estimate of drug-likeness (QED) is 0.705. The predicted molar refractivity (Wildman–Crippen MR) is 74.8 cm³/mol. The third-order valence-electron chi connectivity index (χ3n) is 2.65. The van der Waals surface area contributed by atoms with Crippen LogP contribution in [0.15, 0.2) is 0 Å². The first-order chi connectivity index (χ1) is 9.15. The topological polar surface area (TPSA) is 85.6 Å². The molecule has 7 nitrogen and oxygen atoms in total. The van der Waals surface area contributed by atoms with Gasteiger partial charge >= 0.3 is 0 Å². The second-order valence-corrected chi connectivity index (χ2v) is 4.15. The number of nitrogens with zero attached hydrogens (tertiary/aromatic N) is 5. The fourth-order valence-corrected chi connectivity index (χ4v) is 1.82. The third kappa shape index (κ3) is 4.45. The summed E-state index contributed by atoms with van der Waals surface area (Å²) in [7, 11) is 0. The Labute approximate surface area is 117 Å². The molecule has 8 heteroatoms. The van der Waals surface area contributed by atoms with E-state index in [0.29, 0.717) is 25.0 Å². The fraction of sp³-hybridized carbons (Fsp3) is 0.727. The molecule has 0 fully saturated rings. The summed E-state index contributed by atoms with van der Waals surface area (Å²) in [5.41, 5.74) is 0. The van der Waals surface area contributed by atoms with Crippen LogP contribution in [0.4, 0.5) is 11.9 Å². The minimum absolute atomic E-state index is 0.0517. The summed E-state index contributed by atoms with van der Waals surface area (Å²) in [6.45, 7) is 6.08. The molecule has 0 spiro atoms. The van der Waals surface area contributed by atoms with E-state index in [1.54, 1.807) is 4.90 Å². The molecule has 1 heterocycles. The predicted octanol–water partition coefficient (Wildman–Crippen LogP) is 0.162. The Morgan fingerprint density at radius 2 is 1.37 bits per heavy atom. The van der Waals surface area contributed by atoms with E-state index in [4.69, 9.17) is 21.8 Å². The van der Waals surface area contributed by atoms with Crippen LogP contribution in [0, 0.1) is 0 Å². The number of aromatic nitrogens is 3. The Kier molecular flexibility index (Phi) is 6.75. The molecule has 108 valence electrons. The molecule has 0 aliphatic heterocycles. The molecule has 0 aliphatic rings. The summed E-state index contributed by atoms with van der Waals surface area (Å²) in [5, 5.41) is 18.2. The first-order valence-electron chi connectivity index (χ1n) is 6.29. The van der Waals surface area contributed by atoms with Gasteiger partial charge in [-0.3, -0.25) is 0 Å². The van der Waals surface area contributed by atoms with Crippen LogP contribution in [0.5, 0.6) is 0 Å². The second-order valence-electron chi connectivity index (χ2n) is 3.81. The van der Waals surface area contributed by atoms with E-state index < -0.39 is 0 Å². The van der Waals surface area contributed by atoms with Crippen LogP contribution in [-0.4, -0.2) is 64.6 Å². The lowest BCUT2D eigenvalue weighted by Gasteiger charge is -2.23. The highest BCUT2D eigenvalue weighted by atomic mass is 35.5. The number of rotatable bonds is 8. The smallest absolute Gasteiger partial charge is 0.231 e. The molecule has 1 rings (SSSR count). The van der Waals surface area contributed by atoms with E-state index in [-0.39, 0.29) is 18.5 Å². The maximum absolute atomic E-state index is 9.03. The van der Waals surface area contributed by atoms with E-state index in [1.807, 2.05) is 18.7 Å². The van der Waals surface area contributed by atoms with Gasteiger partial charge in [0.2, 0.25) is 17.2 Å². The van der Waals surface area contributed by atoms with Crippen LogP contribution < -0.4 is 9.80 Å². The van der Waals surface area contributed by atoms with E-state index >= 15 is 0 Å². The highest BCUT2D eigenvalue weighted by molar-refractivity contribution is 6.28. The molecule has 0 bridgehead atoms. The van der Waals surface area contributed by atoms with Gasteiger partial charge in [-0.1, -0.05) is 0 Å². The summed E-state index contributed by atoms with van der Waals surface area (Å²) in [6.07, 6.45) is 0. The number of hydrogen-bond donors (Lipinski definition) is 2. The average molecular weight is 290 g/mol. The molecule has 1 aromatic heterocycles. The van der Waals surface area contributed by atoms with Gasteiger partial charge in [0.1, 0.15) is 0 Å². The number of halogens is 1.